The van der Waals surface area contributed by atoms with Crippen molar-refractivity contribution in [2.24, 2.45) is 0 Å². The van der Waals surface area contributed by atoms with Crippen molar-refractivity contribution in [1.29, 1.82) is 0 Å². The average Bonchev–Trinajstić information content (AvgIpc) is 1.57. The molecule has 0 atom stereocenters. The van der Waals surface area contributed by atoms with E-state index in [1.165, 1.54) is 48.9 Å². The molecule has 0 fully saturated rings. The van der Waals surface area contributed by atoms with Gasteiger partial charge in [0.25, 0.3) is 0 Å². The summed E-state index contributed by atoms with van der Waals surface area (Å²) in [5.74, 6) is 0.711. The van der Waals surface area contributed by atoms with Gasteiger partial charge in [0.15, 0.2) is 5.82 Å². The Bertz CT molecular complexity index is 8730. The van der Waals surface area contributed by atoms with Crippen LogP contribution in [0.15, 0.2) is 480 Å². The van der Waals surface area contributed by atoms with Crippen molar-refractivity contribution >= 4 is 131 Å². The average molecular weight is 1690 g/mol. The molecule has 10 heteroatoms. The normalized spacial score (nSPS) is 11.6. The van der Waals surface area contributed by atoms with Gasteiger partial charge < -0.3 is 27.0 Å². The summed E-state index contributed by atoms with van der Waals surface area (Å²) in [6.45, 7) is 0. The number of benzene rings is 18. The number of rotatable bonds is 12. The van der Waals surface area contributed by atoms with Crippen LogP contribution < -0.4 is 0 Å². The van der Waals surface area contributed by atoms with Gasteiger partial charge in [0.1, 0.15) is 33.5 Å². The van der Waals surface area contributed by atoms with Gasteiger partial charge >= 0.3 is 0 Å². The molecule has 0 amide bonds. The molecule has 0 radical (unpaired) electrons. The molecule has 9 aromatic heterocycles. The highest BCUT2D eigenvalue weighted by Crippen LogP contribution is 2.46. The van der Waals surface area contributed by atoms with Crippen molar-refractivity contribution in [2.75, 3.05) is 0 Å². The SMILES string of the molecule is c1ccc(-c2cc(-c3ccc(-n4c5ccccc5c5c6c(ccc54)oc4ccccc46)cc3)cc(-c3ccccc3)n2)cc1.c1ccc(-c2cc(-c3ccc(-n4c5ccccc5c5c6oc7ccccc7c6ccc54)cc3)nc(-c3ccccc3)n2)cc1.c1ccc(-c2cc(-c3ccc(-n4c5ccccc5c5cc6c(cc54)oc4ccccc46)cc3)cc(-c3ccccc3)n2)cc1. The monoisotopic (exact) mass is 1690 g/mol. The minimum Gasteiger partial charge on any atom is -0.456 e. The third-order valence-corrected chi connectivity index (χ3v) is 25.6. The lowest BCUT2D eigenvalue weighted by molar-refractivity contribution is 0.669. The second-order valence-electron chi connectivity index (χ2n) is 33.4. The summed E-state index contributed by atoms with van der Waals surface area (Å²) in [6, 6.07) is 163. The van der Waals surface area contributed by atoms with Crippen LogP contribution in [0.2, 0.25) is 0 Å². The minimum atomic E-state index is 0.711. The Labute approximate surface area is 758 Å². The van der Waals surface area contributed by atoms with E-state index in [4.69, 9.17) is 33.2 Å². The number of hydrogen-bond acceptors (Lipinski definition) is 7. The first-order valence-electron chi connectivity index (χ1n) is 44.5. The smallest absolute Gasteiger partial charge is 0.160 e. The van der Waals surface area contributed by atoms with Crippen LogP contribution >= 0.6 is 0 Å². The molecule has 27 aromatic rings. The van der Waals surface area contributed by atoms with Crippen LogP contribution in [0.3, 0.4) is 0 Å². The minimum absolute atomic E-state index is 0.711. The van der Waals surface area contributed by atoms with Gasteiger partial charge in [-0.05, 0) is 156 Å². The highest BCUT2D eigenvalue weighted by atomic mass is 16.3. The van der Waals surface area contributed by atoms with E-state index >= 15 is 0 Å². The number of nitrogens with zero attached hydrogens (tertiary/aromatic N) is 7. The highest BCUT2D eigenvalue weighted by molar-refractivity contribution is 6.28. The summed E-state index contributed by atoms with van der Waals surface area (Å²) in [6.07, 6.45) is 0. The van der Waals surface area contributed by atoms with Crippen molar-refractivity contribution < 1.29 is 13.3 Å². The summed E-state index contributed by atoms with van der Waals surface area (Å²) in [5.41, 5.74) is 33.4. The number of para-hydroxylation sites is 6. The molecule has 0 N–H and O–H groups in total. The van der Waals surface area contributed by atoms with E-state index in [9.17, 15) is 0 Å². The molecule has 0 spiro atoms. The molecule has 10 nitrogen and oxygen atoms in total. The highest BCUT2D eigenvalue weighted by Gasteiger charge is 2.24. The summed E-state index contributed by atoms with van der Waals surface area (Å²) >= 11 is 0. The van der Waals surface area contributed by atoms with E-state index in [-0.39, 0.29) is 0 Å². The Morgan fingerprint density at radius 1 is 0.152 bits per heavy atom. The Morgan fingerprint density at radius 2 is 0.485 bits per heavy atom. The molecule has 18 aromatic carbocycles. The fourth-order valence-corrected chi connectivity index (χ4v) is 19.4. The zero-order chi connectivity index (χ0) is 87.1. The van der Waals surface area contributed by atoms with Gasteiger partial charge in [-0.2, -0.15) is 0 Å². The maximum absolute atomic E-state index is 6.47. The van der Waals surface area contributed by atoms with Gasteiger partial charge in [0, 0.05) is 121 Å². The second-order valence-corrected chi connectivity index (χ2v) is 33.4. The van der Waals surface area contributed by atoms with Crippen LogP contribution in [-0.4, -0.2) is 33.6 Å². The molecule has 618 valence electrons. The number of pyridine rings is 2. The zero-order valence-electron chi connectivity index (χ0n) is 71.3. The predicted molar refractivity (Wildman–Crippen MR) is 544 cm³/mol. The van der Waals surface area contributed by atoms with Gasteiger partial charge in [-0.3, -0.25) is 0 Å². The van der Waals surface area contributed by atoms with Gasteiger partial charge in [-0.15, -0.1) is 0 Å². The van der Waals surface area contributed by atoms with Crippen molar-refractivity contribution in [3.8, 4) is 118 Å². The third-order valence-electron chi connectivity index (χ3n) is 25.6. The quantitative estimate of drug-likeness (QED) is 0.120. The fourth-order valence-electron chi connectivity index (χ4n) is 19.4. The van der Waals surface area contributed by atoms with Gasteiger partial charge in [0.2, 0.25) is 0 Å². The lowest BCUT2D eigenvalue weighted by atomic mass is 10.00. The summed E-state index contributed by atoms with van der Waals surface area (Å²) in [4.78, 5) is 20.1. The Kier molecular flexibility index (Phi) is 18.7. The maximum Gasteiger partial charge on any atom is 0.160 e. The lowest BCUT2D eigenvalue weighted by Crippen LogP contribution is -1.97. The number of fused-ring (bicyclic) bond motifs is 20. The van der Waals surface area contributed by atoms with Crippen molar-refractivity contribution in [2.45, 2.75) is 0 Å². The van der Waals surface area contributed by atoms with E-state index < -0.39 is 0 Å². The molecule has 27 rings (SSSR count). The van der Waals surface area contributed by atoms with E-state index in [1.54, 1.807) is 0 Å². The molecule has 132 heavy (non-hydrogen) atoms. The fraction of sp³-hybridized carbons (Fsp3) is 0. The summed E-state index contributed by atoms with van der Waals surface area (Å²) in [5, 5.41) is 14.1. The lowest BCUT2D eigenvalue weighted by Gasteiger charge is -2.12. The van der Waals surface area contributed by atoms with Gasteiger partial charge in [-0.1, -0.05) is 328 Å². The van der Waals surface area contributed by atoms with Crippen molar-refractivity contribution in [3.05, 3.63) is 467 Å². The molecule has 0 aliphatic rings. The molecule has 0 aliphatic heterocycles. The van der Waals surface area contributed by atoms with Gasteiger partial charge in [-0.25, -0.2) is 19.9 Å². The number of furan rings is 3. The van der Waals surface area contributed by atoms with Crippen LogP contribution in [0, 0.1) is 0 Å². The van der Waals surface area contributed by atoms with Crippen LogP contribution in [0.25, 0.3) is 249 Å². The molecule has 0 unspecified atom stereocenters. The van der Waals surface area contributed by atoms with Crippen molar-refractivity contribution in [3.63, 3.8) is 0 Å². The van der Waals surface area contributed by atoms with E-state index in [1.807, 2.05) is 97.1 Å². The number of aromatic nitrogens is 7. The first kappa shape index (κ1) is 76.6. The van der Waals surface area contributed by atoms with Crippen LogP contribution in [-0.2, 0) is 0 Å². The largest absolute Gasteiger partial charge is 0.456 e. The van der Waals surface area contributed by atoms with Crippen molar-refractivity contribution in [1.82, 2.24) is 33.6 Å². The standard InChI is InChI=1S/2C41H26N2O.C40H25N3O/c1-3-11-28(12-4-1)36-23-30(24-37(42-36)29-13-5-2-6-14-29)27-19-21-31(22-20-27)43-38-17-9-7-15-32(38)34-25-35-33-16-8-10-18-40(33)44-41(35)26-39(34)43;1-3-11-28(12-4-1)34-25-30(26-35(42-34)29-13-5-2-6-14-29)27-19-21-31(22-20-27)43-36-17-9-7-15-32(36)40-37(43)23-24-39-41(40)33-16-8-10-18-38(33)44-39;1-3-11-26(12-4-1)33-25-34(42-40(41-33)28-13-5-2-6-14-28)27-19-21-29(22-20-27)43-35-17-9-7-16-32(35)38-36(43)24-23-31-30-15-8-10-18-37(30)44-39(31)38/h2*1-26H;1-25H. The zero-order valence-corrected chi connectivity index (χ0v) is 71.3. The van der Waals surface area contributed by atoms with Gasteiger partial charge in [0.05, 0.1) is 72.6 Å². The molecule has 0 aliphatic carbocycles. The Morgan fingerprint density at radius 3 is 0.962 bits per heavy atom. The summed E-state index contributed by atoms with van der Waals surface area (Å²) in [7, 11) is 0. The molecule has 0 bridgehead atoms. The first-order valence-corrected chi connectivity index (χ1v) is 44.5. The maximum atomic E-state index is 6.47. The topological polar surface area (TPSA) is 106 Å². The van der Waals surface area contributed by atoms with Crippen LogP contribution in [0.4, 0.5) is 0 Å². The van der Waals surface area contributed by atoms with E-state index in [0.717, 1.165) is 195 Å². The molecule has 9 heterocycles. The first-order chi connectivity index (χ1) is 65.4. The van der Waals surface area contributed by atoms with E-state index in [0.29, 0.717) is 5.82 Å². The van der Waals surface area contributed by atoms with E-state index in [2.05, 4.69) is 384 Å². The van der Waals surface area contributed by atoms with Crippen LogP contribution in [0.1, 0.15) is 0 Å². The Hall–Kier alpha value is -17.9. The molecule has 0 saturated heterocycles. The molecular weight excluding hydrogens is 1610 g/mol. The molecular formula is C122H77N7O3. The Balaban J connectivity index is 0.000000106. The molecule has 0 saturated carbocycles. The van der Waals surface area contributed by atoms with Crippen LogP contribution in [0.5, 0.6) is 0 Å². The summed E-state index contributed by atoms with van der Waals surface area (Å²) < 4.78 is 26.1. The second kappa shape index (κ2) is 32.2. The third kappa shape index (κ3) is 13.5. The number of hydrogen-bond donors (Lipinski definition) is 0. The predicted octanol–water partition coefficient (Wildman–Crippen LogP) is 32.6.